The molecule has 0 amide bonds. The molecule has 0 saturated heterocycles. The number of hydrogen-bond donors (Lipinski definition) is 0. The molecule has 0 aliphatic heterocycles. The smallest absolute Gasteiger partial charge is 0.339 e. The quantitative estimate of drug-likeness (QED) is 0.356. The molecule has 0 fully saturated rings. The maximum atomic E-state index is 12.9. The van der Waals surface area contributed by atoms with Gasteiger partial charge in [0, 0.05) is 3.57 Å². The summed E-state index contributed by atoms with van der Waals surface area (Å²) >= 11 is 2.26. The molecule has 0 aromatic heterocycles. The van der Waals surface area contributed by atoms with Gasteiger partial charge in [-0.1, -0.05) is 55.1 Å². The van der Waals surface area contributed by atoms with Gasteiger partial charge in [-0.2, -0.15) is 0 Å². The number of rotatable bonds is 4. The molecule has 126 valence electrons. The van der Waals surface area contributed by atoms with Crippen molar-refractivity contribution in [3.8, 4) is 0 Å². The Morgan fingerprint density at radius 1 is 1.00 bits per heavy atom. The normalized spacial score (nSPS) is 11.3. The molecule has 2 nitrogen and oxygen atoms in total. The molecule has 3 heteroatoms. The third-order valence-electron chi connectivity index (χ3n) is 4.28. The van der Waals surface area contributed by atoms with Crippen molar-refractivity contribution in [1.82, 2.24) is 0 Å². The van der Waals surface area contributed by atoms with Gasteiger partial charge in [-0.3, -0.25) is 0 Å². The maximum Gasteiger partial charge on any atom is 0.339 e. The Bertz CT molecular complexity index is 940. The number of carbonyl (C=O) groups excluding carboxylic acids is 1. The van der Waals surface area contributed by atoms with Gasteiger partial charge in [0.1, 0.15) is 5.60 Å². The minimum atomic E-state index is -0.709. The molecular weight excluding hydrogens is 423 g/mol. The van der Waals surface area contributed by atoms with Gasteiger partial charge < -0.3 is 4.74 Å². The Hall–Kier alpha value is -2.14. The molecule has 0 spiro atoms. The van der Waals surface area contributed by atoms with Crippen LogP contribution in [0.3, 0.4) is 0 Å². The number of halogens is 1. The zero-order valence-electron chi connectivity index (χ0n) is 14.3. The van der Waals surface area contributed by atoms with Gasteiger partial charge in [-0.25, -0.2) is 4.79 Å². The third-order valence-corrected chi connectivity index (χ3v) is 5.00. The summed E-state index contributed by atoms with van der Waals surface area (Å²) in [6.07, 6.45) is 1.80. The van der Waals surface area contributed by atoms with Crippen LogP contribution in [0, 0.1) is 3.57 Å². The van der Waals surface area contributed by atoms with Gasteiger partial charge in [0.15, 0.2) is 0 Å². The molecule has 0 atom stereocenters. The largest absolute Gasteiger partial charge is 0.451 e. The van der Waals surface area contributed by atoms with E-state index in [0.29, 0.717) is 5.56 Å². The van der Waals surface area contributed by atoms with Gasteiger partial charge in [-0.15, -0.1) is 0 Å². The Morgan fingerprint density at radius 2 is 1.64 bits per heavy atom. The standard InChI is InChI=1S/C22H19IO2/c1-4-15-7-5-9-19-18(15)8-6-10-20(19)21(24)25-22(2,3)16-11-13-17(23)14-12-16/h4-14H,1H2,2-3H3. The van der Waals surface area contributed by atoms with Gasteiger partial charge in [0.25, 0.3) is 0 Å². The van der Waals surface area contributed by atoms with Gasteiger partial charge in [-0.05, 0) is 76.5 Å². The van der Waals surface area contributed by atoms with E-state index in [-0.39, 0.29) is 5.97 Å². The molecule has 25 heavy (non-hydrogen) atoms. The molecule has 0 N–H and O–H groups in total. The lowest BCUT2D eigenvalue weighted by Crippen LogP contribution is -2.25. The summed E-state index contributed by atoms with van der Waals surface area (Å²) in [6, 6.07) is 19.6. The SMILES string of the molecule is C=Cc1cccc2c(C(=O)OC(C)(C)c3ccc(I)cc3)cccc12. The second-order valence-corrected chi connectivity index (χ2v) is 7.60. The second-order valence-electron chi connectivity index (χ2n) is 6.36. The average Bonchev–Trinajstić information content (AvgIpc) is 2.60. The monoisotopic (exact) mass is 442 g/mol. The van der Waals surface area contributed by atoms with Crippen LogP contribution in [0.4, 0.5) is 0 Å². The van der Waals surface area contributed by atoms with Crippen molar-refractivity contribution in [1.29, 1.82) is 0 Å². The van der Waals surface area contributed by atoms with Crippen molar-refractivity contribution in [3.05, 3.63) is 87.5 Å². The van der Waals surface area contributed by atoms with E-state index in [4.69, 9.17) is 4.74 Å². The Labute approximate surface area is 161 Å². The Balaban J connectivity index is 1.97. The molecule has 3 rings (SSSR count). The van der Waals surface area contributed by atoms with Crippen molar-refractivity contribution in [2.75, 3.05) is 0 Å². The summed E-state index contributed by atoms with van der Waals surface area (Å²) in [7, 11) is 0. The first-order chi connectivity index (χ1) is 11.9. The van der Waals surface area contributed by atoms with E-state index in [1.165, 1.54) is 0 Å². The maximum absolute atomic E-state index is 12.9. The van der Waals surface area contributed by atoms with Crippen molar-refractivity contribution in [2.24, 2.45) is 0 Å². The van der Waals surface area contributed by atoms with Crippen molar-refractivity contribution in [3.63, 3.8) is 0 Å². The topological polar surface area (TPSA) is 26.3 Å². The molecule has 0 bridgehead atoms. The molecular formula is C22H19IO2. The highest BCUT2D eigenvalue weighted by molar-refractivity contribution is 14.1. The molecule has 0 aliphatic carbocycles. The highest BCUT2D eigenvalue weighted by Crippen LogP contribution is 2.29. The lowest BCUT2D eigenvalue weighted by Gasteiger charge is -2.26. The average molecular weight is 442 g/mol. The number of ether oxygens (including phenoxy) is 1. The van der Waals surface area contributed by atoms with Crippen LogP contribution >= 0.6 is 22.6 Å². The predicted octanol–water partition coefficient (Wildman–Crippen LogP) is 6.18. The van der Waals surface area contributed by atoms with Gasteiger partial charge in [0.2, 0.25) is 0 Å². The second kappa shape index (κ2) is 7.00. The van der Waals surface area contributed by atoms with E-state index in [1.54, 1.807) is 6.08 Å². The summed E-state index contributed by atoms with van der Waals surface area (Å²) in [5, 5.41) is 1.88. The van der Waals surface area contributed by atoms with Crippen molar-refractivity contribution < 1.29 is 9.53 Å². The molecule has 3 aromatic rings. The van der Waals surface area contributed by atoms with Gasteiger partial charge >= 0.3 is 5.97 Å². The fourth-order valence-electron chi connectivity index (χ4n) is 2.89. The lowest BCUT2D eigenvalue weighted by molar-refractivity contribution is -0.00290. The third kappa shape index (κ3) is 3.61. The van der Waals surface area contributed by atoms with Crippen LogP contribution < -0.4 is 0 Å². The van der Waals surface area contributed by atoms with Crippen LogP contribution in [0.1, 0.15) is 35.3 Å². The predicted molar refractivity (Wildman–Crippen MR) is 112 cm³/mol. The number of carbonyl (C=O) groups is 1. The van der Waals surface area contributed by atoms with Crippen molar-refractivity contribution in [2.45, 2.75) is 19.4 Å². The first kappa shape index (κ1) is 17.7. The minimum absolute atomic E-state index is 0.324. The van der Waals surface area contributed by atoms with E-state index in [0.717, 1.165) is 25.5 Å². The van der Waals surface area contributed by atoms with Crippen LogP contribution in [0.5, 0.6) is 0 Å². The van der Waals surface area contributed by atoms with Gasteiger partial charge in [0.05, 0.1) is 5.56 Å². The first-order valence-electron chi connectivity index (χ1n) is 8.06. The van der Waals surface area contributed by atoms with Crippen LogP contribution in [0.2, 0.25) is 0 Å². The van der Waals surface area contributed by atoms with Crippen LogP contribution in [0.15, 0.2) is 67.2 Å². The molecule has 0 heterocycles. The molecule has 0 unspecified atom stereocenters. The summed E-state index contributed by atoms with van der Waals surface area (Å²) in [4.78, 5) is 12.9. The van der Waals surface area contributed by atoms with E-state index >= 15 is 0 Å². The molecule has 0 saturated carbocycles. The number of fused-ring (bicyclic) bond motifs is 1. The fraction of sp³-hybridized carbons (Fsp3) is 0.136. The molecule has 0 aliphatic rings. The zero-order valence-corrected chi connectivity index (χ0v) is 16.4. The highest BCUT2D eigenvalue weighted by Gasteiger charge is 2.26. The van der Waals surface area contributed by atoms with Crippen LogP contribution in [0.25, 0.3) is 16.8 Å². The van der Waals surface area contributed by atoms with E-state index in [2.05, 4.69) is 29.2 Å². The number of benzene rings is 3. The summed E-state index contributed by atoms with van der Waals surface area (Å²) < 4.78 is 7.01. The summed E-state index contributed by atoms with van der Waals surface area (Å²) in [6.45, 7) is 7.67. The van der Waals surface area contributed by atoms with E-state index in [9.17, 15) is 4.79 Å². The van der Waals surface area contributed by atoms with E-state index < -0.39 is 5.60 Å². The highest BCUT2D eigenvalue weighted by atomic mass is 127. The summed E-state index contributed by atoms with van der Waals surface area (Å²) in [5.74, 6) is -0.324. The lowest BCUT2D eigenvalue weighted by atomic mass is 9.97. The summed E-state index contributed by atoms with van der Waals surface area (Å²) in [5.41, 5.74) is 1.83. The molecule has 3 aromatic carbocycles. The first-order valence-corrected chi connectivity index (χ1v) is 9.14. The molecule has 0 radical (unpaired) electrons. The van der Waals surface area contributed by atoms with Crippen molar-refractivity contribution >= 4 is 45.4 Å². The number of esters is 1. The van der Waals surface area contributed by atoms with E-state index in [1.807, 2.05) is 74.5 Å². The fourth-order valence-corrected chi connectivity index (χ4v) is 3.25. The zero-order chi connectivity index (χ0) is 18.0. The number of hydrogen-bond acceptors (Lipinski definition) is 2. The van der Waals surface area contributed by atoms with Crippen LogP contribution in [-0.2, 0) is 10.3 Å². The Kier molecular flexibility index (Phi) is 4.95. The van der Waals surface area contributed by atoms with Crippen LogP contribution in [-0.4, -0.2) is 5.97 Å². The Morgan fingerprint density at radius 3 is 2.32 bits per heavy atom. The minimum Gasteiger partial charge on any atom is -0.451 e.